The molecule has 1 fully saturated rings. The third-order valence-corrected chi connectivity index (χ3v) is 6.21. The first-order chi connectivity index (χ1) is 17.0. The predicted molar refractivity (Wildman–Crippen MR) is 131 cm³/mol. The molecule has 3 heterocycles. The third kappa shape index (κ3) is 4.58. The first kappa shape index (κ1) is 22.5. The molecule has 5 rings (SSSR count). The smallest absolute Gasteiger partial charge is 0.273 e. The Morgan fingerprint density at radius 2 is 1.91 bits per heavy atom. The lowest BCUT2D eigenvalue weighted by Crippen LogP contribution is -2.23. The van der Waals surface area contributed by atoms with Crippen molar-refractivity contribution in [3.8, 4) is 34.4 Å². The number of ether oxygens (including phenoxy) is 1. The fourth-order valence-electron chi connectivity index (χ4n) is 4.35. The van der Waals surface area contributed by atoms with Crippen molar-refractivity contribution in [2.45, 2.75) is 38.2 Å². The molecule has 1 aromatic carbocycles. The van der Waals surface area contributed by atoms with Crippen LogP contribution in [0.4, 0.5) is 0 Å². The molecule has 0 N–H and O–H groups in total. The molecule has 8 nitrogen and oxygen atoms in total. The largest absolute Gasteiger partial charge is 0.489 e. The van der Waals surface area contributed by atoms with Crippen LogP contribution in [-0.2, 0) is 0 Å². The van der Waals surface area contributed by atoms with Crippen LogP contribution >= 0.6 is 0 Å². The van der Waals surface area contributed by atoms with Gasteiger partial charge in [-0.25, -0.2) is 0 Å². The van der Waals surface area contributed by atoms with E-state index in [9.17, 15) is 10.1 Å². The van der Waals surface area contributed by atoms with Crippen LogP contribution < -0.4 is 4.74 Å². The van der Waals surface area contributed by atoms with Gasteiger partial charge in [0.25, 0.3) is 5.91 Å². The van der Waals surface area contributed by atoms with Crippen LogP contribution in [0.3, 0.4) is 0 Å². The van der Waals surface area contributed by atoms with Gasteiger partial charge in [0.2, 0.25) is 0 Å². The first-order valence-corrected chi connectivity index (χ1v) is 11.7. The van der Waals surface area contributed by atoms with Gasteiger partial charge < -0.3 is 14.1 Å². The van der Waals surface area contributed by atoms with Crippen LogP contribution in [0.1, 0.15) is 48.2 Å². The average molecular weight is 468 g/mol. The van der Waals surface area contributed by atoms with E-state index in [1.165, 1.54) is 24.2 Å². The Bertz CT molecular complexity index is 1410. The van der Waals surface area contributed by atoms with Crippen molar-refractivity contribution in [1.29, 1.82) is 5.26 Å². The fourth-order valence-corrected chi connectivity index (χ4v) is 4.35. The van der Waals surface area contributed by atoms with Gasteiger partial charge in [0, 0.05) is 31.9 Å². The average Bonchev–Trinajstić information content (AvgIpc) is 3.34. The number of benzene rings is 1. The van der Waals surface area contributed by atoms with Gasteiger partial charge in [-0.1, -0.05) is 12.5 Å². The molecule has 3 aromatic heterocycles. The Morgan fingerprint density at radius 1 is 1.09 bits per heavy atom. The van der Waals surface area contributed by atoms with Crippen molar-refractivity contribution in [1.82, 2.24) is 20.1 Å². The monoisotopic (exact) mass is 467 g/mol. The van der Waals surface area contributed by atoms with E-state index in [-0.39, 0.29) is 17.7 Å². The summed E-state index contributed by atoms with van der Waals surface area (Å²) < 4.78 is 12.3. The number of nitrogens with zero attached hydrogens (tertiary/aromatic N) is 5. The number of carbonyl (C=O) groups excluding carboxylic acids is 1. The molecule has 1 amide bonds. The fraction of sp³-hybridized carbons (Fsp3) is 0.296. The Balaban J connectivity index is 1.46. The molecule has 0 radical (unpaired) electrons. The molecule has 0 spiro atoms. The molecule has 1 aliphatic carbocycles. The van der Waals surface area contributed by atoms with E-state index in [2.05, 4.69) is 21.3 Å². The van der Waals surface area contributed by atoms with E-state index >= 15 is 0 Å². The van der Waals surface area contributed by atoms with Crippen molar-refractivity contribution in [3.63, 3.8) is 0 Å². The van der Waals surface area contributed by atoms with Gasteiger partial charge in [-0.2, -0.15) is 5.26 Å². The highest BCUT2D eigenvalue weighted by atomic mass is 16.5. The number of carbonyl (C=O) groups is 1. The topological polar surface area (TPSA) is 105 Å². The molecule has 0 unspecified atom stereocenters. The van der Waals surface area contributed by atoms with Gasteiger partial charge >= 0.3 is 0 Å². The van der Waals surface area contributed by atoms with E-state index in [1.807, 2.05) is 24.3 Å². The van der Waals surface area contributed by atoms with Crippen molar-refractivity contribution < 1.29 is 13.9 Å². The lowest BCUT2D eigenvalue weighted by Gasteiger charge is -2.23. The summed E-state index contributed by atoms with van der Waals surface area (Å²) in [6.07, 6.45) is 7.51. The lowest BCUT2D eigenvalue weighted by molar-refractivity contribution is 0.0821. The molecular formula is C27H25N5O3. The summed E-state index contributed by atoms with van der Waals surface area (Å²) >= 11 is 0. The molecule has 1 aliphatic rings. The molecule has 176 valence electrons. The maximum absolute atomic E-state index is 12.1. The number of furan rings is 1. The highest BCUT2D eigenvalue weighted by Crippen LogP contribution is 2.35. The quantitative estimate of drug-likeness (QED) is 0.395. The lowest BCUT2D eigenvalue weighted by atomic mass is 9.97. The first-order valence-electron chi connectivity index (χ1n) is 11.7. The Kier molecular flexibility index (Phi) is 6.15. The van der Waals surface area contributed by atoms with Crippen molar-refractivity contribution >= 4 is 17.0 Å². The zero-order valence-corrected chi connectivity index (χ0v) is 19.7. The van der Waals surface area contributed by atoms with Crippen molar-refractivity contribution in [3.05, 3.63) is 59.9 Å². The number of hydrogen-bond donors (Lipinski definition) is 0. The third-order valence-electron chi connectivity index (χ3n) is 6.21. The summed E-state index contributed by atoms with van der Waals surface area (Å²) in [7, 11) is 3.33. The summed E-state index contributed by atoms with van der Waals surface area (Å²) in [5, 5.41) is 18.0. The number of fused-ring (bicyclic) bond motifs is 1. The second-order valence-corrected chi connectivity index (χ2v) is 8.89. The zero-order chi connectivity index (χ0) is 24.4. The van der Waals surface area contributed by atoms with Crippen LogP contribution in [0.15, 0.2) is 53.1 Å². The molecule has 1 saturated carbocycles. The molecule has 0 bridgehead atoms. The van der Waals surface area contributed by atoms with Gasteiger partial charge in [-0.15, -0.1) is 10.2 Å². The van der Waals surface area contributed by atoms with E-state index in [0.29, 0.717) is 33.9 Å². The van der Waals surface area contributed by atoms with Crippen LogP contribution in [-0.4, -0.2) is 46.2 Å². The molecule has 35 heavy (non-hydrogen) atoms. The van der Waals surface area contributed by atoms with E-state index in [0.717, 1.165) is 24.0 Å². The van der Waals surface area contributed by atoms with Crippen LogP contribution in [0.25, 0.3) is 33.7 Å². The van der Waals surface area contributed by atoms with Crippen LogP contribution in [0, 0.1) is 11.3 Å². The van der Waals surface area contributed by atoms with E-state index in [4.69, 9.17) is 9.15 Å². The highest BCUT2D eigenvalue weighted by molar-refractivity contribution is 5.93. The minimum Gasteiger partial charge on any atom is -0.489 e. The molecule has 8 heteroatoms. The maximum atomic E-state index is 12.1. The van der Waals surface area contributed by atoms with E-state index < -0.39 is 0 Å². The minimum atomic E-state index is -0.221. The number of rotatable bonds is 5. The Morgan fingerprint density at radius 3 is 2.63 bits per heavy atom. The normalized spacial score (nSPS) is 14.0. The second kappa shape index (κ2) is 9.55. The molecule has 0 saturated heterocycles. The number of amides is 1. The van der Waals surface area contributed by atoms with Gasteiger partial charge in [0.05, 0.1) is 11.7 Å². The Hall–Kier alpha value is -4.25. The number of pyridine rings is 1. The van der Waals surface area contributed by atoms with Crippen LogP contribution in [0.5, 0.6) is 5.75 Å². The van der Waals surface area contributed by atoms with Gasteiger partial charge in [0.15, 0.2) is 17.0 Å². The molecular weight excluding hydrogens is 442 g/mol. The summed E-state index contributed by atoms with van der Waals surface area (Å²) in [6, 6.07) is 14.9. The number of hydrogen-bond acceptors (Lipinski definition) is 7. The van der Waals surface area contributed by atoms with Gasteiger partial charge in [-0.05, 0) is 61.6 Å². The number of aromatic nitrogens is 3. The molecule has 4 aromatic rings. The summed E-state index contributed by atoms with van der Waals surface area (Å²) in [5.74, 6) is 0.895. The van der Waals surface area contributed by atoms with Gasteiger partial charge in [0.1, 0.15) is 23.0 Å². The highest BCUT2D eigenvalue weighted by Gasteiger charge is 2.19. The minimum absolute atomic E-state index is 0.169. The summed E-state index contributed by atoms with van der Waals surface area (Å²) in [4.78, 5) is 18.0. The van der Waals surface area contributed by atoms with E-state index in [1.54, 1.807) is 38.5 Å². The van der Waals surface area contributed by atoms with Gasteiger partial charge in [-0.3, -0.25) is 9.78 Å². The summed E-state index contributed by atoms with van der Waals surface area (Å²) in [5.41, 5.74) is 4.15. The van der Waals surface area contributed by atoms with Crippen molar-refractivity contribution in [2.75, 3.05) is 14.1 Å². The predicted octanol–water partition coefficient (Wildman–Crippen LogP) is 5.24. The SMILES string of the molecule is CN(C)C(=O)c1ccc(-c2cc3nccc(-c4ccc(OC5CCCCC5)c(C#N)c4)c3o2)nn1. The Labute approximate surface area is 203 Å². The molecule has 0 atom stereocenters. The number of nitriles is 1. The zero-order valence-electron chi connectivity index (χ0n) is 19.7. The van der Waals surface area contributed by atoms with Crippen molar-refractivity contribution in [2.24, 2.45) is 0 Å². The van der Waals surface area contributed by atoms with Crippen LogP contribution in [0.2, 0.25) is 0 Å². The summed E-state index contributed by atoms with van der Waals surface area (Å²) in [6.45, 7) is 0. The molecule has 0 aliphatic heterocycles. The standard InChI is InChI=1S/C27H25N5O3/c1-32(2)27(33)22-10-9-21(30-31-22)25-15-23-26(35-25)20(12-13-29-23)17-8-11-24(18(14-17)16-28)34-19-6-4-3-5-7-19/h8-15,19H,3-7H2,1-2H3. The second-order valence-electron chi connectivity index (χ2n) is 8.89. The maximum Gasteiger partial charge on any atom is 0.273 e.